The molecule has 2 N–H and O–H groups in total. The second-order valence-corrected chi connectivity index (χ2v) is 8.83. The van der Waals surface area contributed by atoms with Crippen molar-refractivity contribution in [1.82, 2.24) is 0 Å². The highest BCUT2D eigenvalue weighted by atomic mass is 35.5. The van der Waals surface area contributed by atoms with Crippen LogP contribution in [0.1, 0.15) is 43.8 Å². The fourth-order valence-corrected chi connectivity index (χ4v) is 4.51. The van der Waals surface area contributed by atoms with Gasteiger partial charge in [-0.1, -0.05) is 60.7 Å². The van der Waals surface area contributed by atoms with Crippen LogP contribution < -0.4 is 10.5 Å². The summed E-state index contributed by atoms with van der Waals surface area (Å²) < 4.78 is 0. The molecule has 6 nitrogen and oxygen atoms in total. The lowest BCUT2D eigenvalue weighted by atomic mass is 9.95. The number of benzene rings is 3. The Hall–Kier alpha value is -1.74. The first-order valence-electron chi connectivity index (χ1n) is 9.38. The standard InChI is InChI=1S/C22H18Cl4N2O4/c23-19(13-7-3-1-4-8-13)21(25)15-11-16(18(28(31)32)12-17(15)27(29)30)22(26)20(24)14-9-5-2-6-10-14/h1-12,19-22,29-30H/q-2. The minimum atomic E-state index is -1.02. The normalized spacial score (nSPS) is 15.0. The molecule has 0 bridgehead atoms. The van der Waals surface area contributed by atoms with Gasteiger partial charge in [0.15, 0.2) is 0 Å². The molecule has 0 heterocycles. The summed E-state index contributed by atoms with van der Waals surface area (Å²) in [5.41, 5.74) is 0.837. The maximum atomic E-state index is 11.8. The Bertz CT molecular complexity index is 946. The number of halogens is 4. The molecule has 0 saturated carbocycles. The summed E-state index contributed by atoms with van der Waals surface area (Å²) >= 11 is 26.3. The molecule has 0 aliphatic carbocycles. The predicted molar refractivity (Wildman–Crippen MR) is 129 cm³/mol. The Morgan fingerprint density at radius 3 is 1.38 bits per heavy atom. The minimum Gasteiger partial charge on any atom is -0.769 e. The van der Waals surface area contributed by atoms with Crippen molar-refractivity contribution in [2.24, 2.45) is 0 Å². The van der Waals surface area contributed by atoms with Gasteiger partial charge in [0.25, 0.3) is 0 Å². The van der Waals surface area contributed by atoms with Gasteiger partial charge in [0.2, 0.25) is 0 Å². The molecule has 170 valence electrons. The van der Waals surface area contributed by atoms with E-state index in [1.54, 1.807) is 48.5 Å². The van der Waals surface area contributed by atoms with Crippen molar-refractivity contribution in [3.63, 3.8) is 0 Å². The van der Waals surface area contributed by atoms with Crippen LogP contribution >= 0.6 is 46.4 Å². The van der Waals surface area contributed by atoms with Crippen molar-refractivity contribution < 1.29 is 10.4 Å². The Balaban J connectivity index is 2.10. The molecule has 0 amide bonds. The van der Waals surface area contributed by atoms with Crippen molar-refractivity contribution in [2.45, 2.75) is 21.5 Å². The van der Waals surface area contributed by atoms with Gasteiger partial charge in [-0.25, -0.2) is 0 Å². The molecular weight excluding hydrogens is 498 g/mol. The Kier molecular flexibility index (Phi) is 8.49. The van der Waals surface area contributed by atoms with Crippen molar-refractivity contribution >= 4 is 57.8 Å². The maximum Gasteiger partial charge on any atom is 0.101 e. The molecule has 3 aromatic rings. The molecule has 0 saturated heterocycles. The smallest absolute Gasteiger partial charge is 0.101 e. The maximum absolute atomic E-state index is 11.8. The number of rotatable bonds is 8. The zero-order chi connectivity index (χ0) is 23.4. The third kappa shape index (κ3) is 5.42. The van der Waals surface area contributed by atoms with Crippen molar-refractivity contribution in [2.75, 3.05) is 10.5 Å². The molecule has 0 aliphatic heterocycles. The lowest BCUT2D eigenvalue weighted by Gasteiger charge is -2.41. The number of anilines is 2. The highest BCUT2D eigenvalue weighted by molar-refractivity contribution is 6.31. The highest BCUT2D eigenvalue weighted by Crippen LogP contribution is 2.49. The quantitative estimate of drug-likeness (QED) is 0.237. The van der Waals surface area contributed by atoms with Gasteiger partial charge >= 0.3 is 0 Å². The number of alkyl halides is 4. The average Bonchev–Trinajstić information content (AvgIpc) is 2.82. The summed E-state index contributed by atoms with van der Waals surface area (Å²) in [6.07, 6.45) is 0. The Labute approximate surface area is 205 Å². The molecule has 4 atom stereocenters. The predicted octanol–water partition coefficient (Wildman–Crippen LogP) is 7.59. The first-order valence-corrected chi connectivity index (χ1v) is 11.1. The molecule has 32 heavy (non-hydrogen) atoms. The van der Waals surface area contributed by atoms with Crippen molar-refractivity contribution in [1.29, 1.82) is 0 Å². The van der Waals surface area contributed by atoms with Gasteiger partial charge < -0.3 is 15.6 Å². The molecule has 0 radical (unpaired) electrons. The van der Waals surface area contributed by atoms with Gasteiger partial charge in [0.1, 0.15) is 5.69 Å². The largest absolute Gasteiger partial charge is 0.769 e. The van der Waals surface area contributed by atoms with Crippen LogP contribution in [-0.2, 0) is 0 Å². The van der Waals surface area contributed by atoms with Crippen molar-refractivity contribution in [3.8, 4) is 0 Å². The lowest BCUT2D eigenvalue weighted by Crippen LogP contribution is -2.18. The van der Waals surface area contributed by atoms with Crippen LogP contribution in [0.5, 0.6) is 0 Å². The van der Waals surface area contributed by atoms with Crippen LogP contribution in [0.25, 0.3) is 0 Å². The van der Waals surface area contributed by atoms with E-state index in [2.05, 4.69) is 0 Å². The highest BCUT2D eigenvalue weighted by Gasteiger charge is 2.29. The van der Waals surface area contributed by atoms with Crippen LogP contribution in [0.3, 0.4) is 0 Å². The zero-order valence-corrected chi connectivity index (χ0v) is 19.4. The van der Waals surface area contributed by atoms with Crippen LogP contribution in [0.4, 0.5) is 11.4 Å². The number of hydrogen-bond donors (Lipinski definition) is 2. The fourth-order valence-electron chi connectivity index (χ4n) is 3.31. The minimum absolute atomic E-state index is 0.0729. The summed E-state index contributed by atoms with van der Waals surface area (Å²) in [7, 11) is 0. The summed E-state index contributed by atoms with van der Waals surface area (Å²) in [6.45, 7) is 0. The second kappa shape index (κ2) is 10.9. The third-order valence-corrected chi connectivity index (χ3v) is 7.17. The van der Waals surface area contributed by atoms with E-state index >= 15 is 0 Å². The van der Waals surface area contributed by atoms with E-state index in [-0.39, 0.29) is 22.0 Å². The Morgan fingerprint density at radius 1 is 0.594 bits per heavy atom. The van der Waals surface area contributed by atoms with Gasteiger partial charge in [0, 0.05) is 11.3 Å². The molecule has 0 spiro atoms. The van der Waals surface area contributed by atoms with E-state index in [1.807, 2.05) is 12.1 Å². The Morgan fingerprint density at radius 2 is 1.00 bits per heavy atom. The van der Waals surface area contributed by atoms with E-state index in [0.717, 1.165) is 6.07 Å². The van der Waals surface area contributed by atoms with E-state index in [9.17, 15) is 20.8 Å². The van der Waals surface area contributed by atoms with E-state index < -0.39 is 32.4 Å². The van der Waals surface area contributed by atoms with Gasteiger partial charge in [0.05, 0.1) is 21.5 Å². The third-order valence-electron chi connectivity index (χ3n) is 4.93. The molecular formula is C22H18Cl4N2O4-2. The van der Waals surface area contributed by atoms with E-state index in [4.69, 9.17) is 46.4 Å². The molecule has 3 rings (SSSR count). The van der Waals surface area contributed by atoms with Crippen LogP contribution in [-0.4, -0.2) is 10.4 Å². The fraction of sp³-hybridized carbons (Fsp3) is 0.182. The summed E-state index contributed by atoms with van der Waals surface area (Å²) in [6, 6.07) is 20.1. The zero-order valence-electron chi connectivity index (χ0n) is 16.4. The lowest BCUT2D eigenvalue weighted by molar-refractivity contribution is 0.0286. The van der Waals surface area contributed by atoms with E-state index in [0.29, 0.717) is 11.1 Å². The van der Waals surface area contributed by atoms with E-state index in [1.165, 1.54) is 6.07 Å². The summed E-state index contributed by atoms with van der Waals surface area (Å²) in [5.74, 6) is 0. The second-order valence-electron chi connectivity index (χ2n) is 6.94. The topological polar surface area (TPSA) is 93.1 Å². The monoisotopic (exact) mass is 514 g/mol. The molecule has 3 aromatic carbocycles. The summed E-state index contributed by atoms with van der Waals surface area (Å²) in [4.78, 5) is 0. The van der Waals surface area contributed by atoms with Crippen molar-refractivity contribution in [3.05, 3.63) is 105 Å². The number of nitrogens with zero attached hydrogens (tertiary/aromatic N) is 2. The van der Waals surface area contributed by atoms with Gasteiger partial charge in [-0.15, -0.1) is 51.6 Å². The average molecular weight is 516 g/mol. The first kappa shape index (κ1) is 24.9. The van der Waals surface area contributed by atoms with Crippen LogP contribution in [0.2, 0.25) is 0 Å². The summed E-state index contributed by atoms with van der Waals surface area (Å²) in [5, 5.41) is 38.5. The molecule has 0 aliphatic rings. The molecule has 0 fully saturated rings. The van der Waals surface area contributed by atoms with Gasteiger partial charge in [-0.3, -0.25) is 10.4 Å². The van der Waals surface area contributed by atoms with Crippen LogP contribution in [0.15, 0.2) is 72.8 Å². The number of hydrogen-bond acceptors (Lipinski definition) is 6. The van der Waals surface area contributed by atoms with Gasteiger partial charge in [-0.05, 0) is 28.8 Å². The van der Waals surface area contributed by atoms with Gasteiger partial charge in [-0.2, -0.15) is 0 Å². The SMILES string of the molecule is [O-]N([O-])c1cc(N(O)O)c(C(Cl)C(Cl)c2ccccc2)cc1C(Cl)C(Cl)c1ccccc1. The first-order chi connectivity index (χ1) is 15.2. The molecule has 10 heteroatoms. The molecule has 0 aromatic heterocycles. The van der Waals surface area contributed by atoms with Crippen LogP contribution in [0, 0.1) is 10.4 Å². The molecule has 4 unspecified atom stereocenters.